The van der Waals surface area contributed by atoms with E-state index in [-0.39, 0.29) is 5.97 Å². The van der Waals surface area contributed by atoms with Crippen molar-refractivity contribution in [2.45, 2.75) is 110 Å². The van der Waals surface area contributed by atoms with Crippen LogP contribution in [0.5, 0.6) is 5.75 Å². The molecule has 0 amide bonds. The molecule has 3 rings (SSSR count). The van der Waals surface area contributed by atoms with Crippen molar-refractivity contribution in [2.24, 2.45) is 0 Å². The lowest BCUT2D eigenvalue weighted by molar-refractivity contribution is 0.0734. The highest BCUT2D eigenvalue weighted by Crippen LogP contribution is 2.22. The largest absolute Gasteiger partial charge is 0.423 e. The number of ether oxygens (including phenoxy) is 2. The molecule has 3 aromatic rings. The standard InChI is InChI=1S/C36H49NO3/c1-3-5-7-9-10-11-13-15-27-39-29-31-19-26-35(37-28-31)32-22-24-34(25-23-32)40-36(38)33-20-17-30(18-21-33)16-14-12-8-6-4-2/h17-26,28H,3-16,27,29H2,1-2H3. The van der Waals surface area contributed by atoms with Gasteiger partial charge in [-0.25, -0.2) is 4.79 Å². The van der Waals surface area contributed by atoms with Crippen molar-refractivity contribution in [1.29, 1.82) is 0 Å². The van der Waals surface area contributed by atoms with E-state index in [9.17, 15) is 4.79 Å². The SMILES string of the molecule is CCCCCCCCCCOCc1ccc(-c2ccc(OC(=O)c3ccc(CCCCCCC)cc3)cc2)nc1. The molecule has 0 bridgehead atoms. The summed E-state index contributed by atoms with van der Waals surface area (Å²) in [6.45, 7) is 5.89. The zero-order valence-electron chi connectivity index (χ0n) is 24.8. The Balaban J connectivity index is 1.36. The van der Waals surface area contributed by atoms with Crippen molar-refractivity contribution in [3.8, 4) is 17.0 Å². The summed E-state index contributed by atoms with van der Waals surface area (Å²) >= 11 is 0. The first kappa shape index (κ1) is 31.5. The summed E-state index contributed by atoms with van der Waals surface area (Å²) in [6, 6.07) is 19.4. The van der Waals surface area contributed by atoms with Gasteiger partial charge in [0, 0.05) is 18.4 Å². The average molecular weight is 544 g/mol. The van der Waals surface area contributed by atoms with Crippen LogP contribution in [-0.4, -0.2) is 17.6 Å². The Bertz CT molecular complexity index is 1070. The third kappa shape index (κ3) is 12.0. The van der Waals surface area contributed by atoms with Gasteiger partial charge in [-0.05, 0) is 72.9 Å². The molecule has 4 heteroatoms. The van der Waals surface area contributed by atoms with Gasteiger partial charge in [0.15, 0.2) is 0 Å². The highest BCUT2D eigenvalue weighted by molar-refractivity contribution is 5.91. The van der Waals surface area contributed by atoms with Crippen LogP contribution < -0.4 is 4.74 Å². The number of aromatic nitrogens is 1. The van der Waals surface area contributed by atoms with Crippen LogP contribution in [0.15, 0.2) is 66.9 Å². The minimum Gasteiger partial charge on any atom is -0.423 e. The Morgan fingerprint density at radius 2 is 1.25 bits per heavy atom. The molecule has 4 nitrogen and oxygen atoms in total. The first-order valence-corrected chi connectivity index (χ1v) is 15.6. The van der Waals surface area contributed by atoms with E-state index in [4.69, 9.17) is 9.47 Å². The lowest BCUT2D eigenvalue weighted by Gasteiger charge is -2.08. The number of unbranched alkanes of at least 4 members (excludes halogenated alkanes) is 11. The average Bonchev–Trinajstić information content (AvgIpc) is 2.99. The number of nitrogens with zero attached hydrogens (tertiary/aromatic N) is 1. The van der Waals surface area contributed by atoms with Gasteiger partial charge in [0.05, 0.1) is 17.9 Å². The Morgan fingerprint density at radius 1 is 0.650 bits per heavy atom. The second-order valence-corrected chi connectivity index (χ2v) is 10.9. The fourth-order valence-corrected chi connectivity index (χ4v) is 4.81. The van der Waals surface area contributed by atoms with Crippen molar-refractivity contribution in [3.63, 3.8) is 0 Å². The van der Waals surface area contributed by atoms with Crippen LogP contribution in [0.25, 0.3) is 11.3 Å². The molecule has 0 aliphatic rings. The number of benzene rings is 2. The topological polar surface area (TPSA) is 48.4 Å². The minimum atomic E-state index is -0.336. The number of rotatable bonds is 20. The van der Waals surface area contributed by atoms with Crippen molar-refractivity contribution in [2.75, 3.05) is 6.61 Å². The van der Waals surface area contributed by atoms with E-state index in [1.54, 1.807) is 0 Å². The number of pyridine rings is 1. The number of hydrogen-bond donors (Lipinski definition) is 0. The normalized spacial score (nSPS) is 11.1. The molecule has 0 saturated heterocycles. The summed E-state index contributed by atoms with van der Waals surface area (Å²) in [5.74, 6) is 0.191. The molecule has 40 heavy (non-hydrogen) atoms. The number of carbonyl (C=O) groups excluding carboxylic acids is 1. The maximum absolute atomic E-state index is 12.6. The quantitative estimate of drug-likeness (QED) is 0.0808. The fraction of sp³-hybridized carbons (Fsp3) is 0.500. The van der Waals surface area contributed by atoms with Crippen LogP contribution in [0.2, 0.25) is 0 Å². The molecule has 0 atom stereocenters. The molecule has 0 aliphatic heterocycles. The van der Waals surface area contributed by atoms with Crippen molar-refractivity contribution >= 4 is 5.97 Å². The van der Waals surface area contributed by atoms with E-state index in [0.717, 1.165) is 36.3 Å². The highest BCUT2D eigenvalue weighted by atomic mass is 16.5. The summed E-state index contributed by atoms with van der Waals surface area (Å²) in [7, 11) is 0. The number of aryl methyl sites for hydroxylation is 1. The van der Waals surface area contributed by atoms with E-state index in [1.165, 1.54) is 82.6 Å². The zero-order valence-corrected chi connectivity index (χ0v) is 24.8. The van der Waals surface area contributed by atoms with E-state index < -0.39 is 0 Å². The zero-order chi connectivity index (χ0) is 28.3. The molecule has 0 fully saturated rings. The van der Waals surface area contributed by atoms with Crippen LogP contribution in [0.1, 0.15) is 119 Å². The maximum Gasteiger partial charge on any atom is 0.343 e. The third-order valence-electron chi connectivity index (χ3n) is 7.35. The summed E-state index contributed by atoms with van der Waals surface area (Å²) in [5, 5.41) is 0. The van der Waals surface area contributed by atoms with Gasteiger partial charge in [0.1, 0.15) is 5.75 Å². The number of esters is 1. The Morgan fingerprint density at radius 3 is 1.88 bits per heavy atom. The van der Waals surface area contributed by atoms with Crippen LogP contribution in [0.4, 0.5) is 0 Å². The molecule has 216 valence electrons. The Kier molecular flexibility index (Phi) is 15.1. The van der Waals surface area contributed by atoms with Crippen molar-refractivity contribution in [3.05, 3.63) is 83.6 Å². The van der Waals surface area contributed by atoms with Crippen LogP contribution >= 0.6 is 0 Å². The molecule has 0 saturated carbocycles. The molecule has 1 heterocycles. The van der Waals surface area contributed by atoms with Gasteiger partial charge in [-0.1, -0.05) is 103 Å². The fourth-order valence-electron chi connectivity index (χ4n) is 4.81. The first-order chi connectivity index (χ1) is 19.7. The molecular weight excluding hydrogens is 494 g/mol. The van der Waals surface area contributed by atoms with Gasteiger partial charge in [-0.15, -0.1) is 0 Å². The summed E-state index contributed by atoms with van der Waals surface area (Å²) in [5.41, 5.74) is 4.78. The molecule has 2 aromatic carbocycles. The van der Waals surface area contributed by atoms with Gasteiger partial charge in [0.25, 0.3) is 0 Å². The van der Waals surface area contributed by atoms with Crippen LogP contribution in [0.3, 0.4) is 0 Å². The summed E-state index contributed by atoms with van der Waals surface area (Å²) < 4.78 is 11.4. The monoisotopic (exact) mass is 543 g/mol. The van der Waals surface area contributed by atoms with E-state index in [0.29, 0.717) is 17.9 Å². The van der Waals surface area contributed by atoms with Crippen molar-refractivity contribution < 1.29 is 14.3 Å². The Labute approximate surface area is 242 Å². The van der Waals surface area contributed by atoms with Crippen molar-refractivity contribution in [1.82, 2.24) is 4.98 Å². The Hall–Kier alpha value is -2.98. The first-order valence-electron chi connectivity index (χ1n) is 15.6. The lowest BCUT2D eigenvalue weighted by atomic mass is 10.0. The van der Waals surface area contributed by atoms with Crippen LogP contribution in [0, 0.1) is 0 Å². The second kappa shape index (κ2) is 19.2. The molecular formula is C36H49NO3. The lowest BCUT2D eigenvalue weighted by Crippen LogP contribution is -2.08. The smallest absolute Gasteiger partial charge is 0.343 e. The highest BCUT2D eigenvalue weighted by Gasteiger charge is 2.09. The minimum absolute atomic E-state index is 0.336. The van der Waals surface area contributed by atoms with E-state index in [1.807, 2.05) is 60.8 Å². The number of hydrogen-bond acceptors (Lipinski definition) is 4. The van der Waals surface area contributed by atoms with Gasteiger partial charge in [-0.2, -0.15) is 0 Å². The predicted molar refractivity (Wildman–Crippen MR) is 166 cm³/mol. The molecule has 0 unspecified atom stereocenters. The molecule has 1 aromatic heterocycles. The molecule has 0 N–H and O–H groups in total. The van der Waals surface area contributed by atoms with Crippen LogP contribution in [-0.2, 0) is 17.8 Å². The van der Waals surface area contributed by atoms with E-state index >= 15 is 0 Å². The van der Waals surface area contributed by atoms with Gasteiger partial charge in [0.2, 0.25) is 0 Å². The van der Waals surface area contributed by atoms with Gasteiger partial charge in [-0.3, -0.25) is 4.98 Å². The van der Waals surface area contributed by atoms with E-state index in [2.05, 4.69) is 24.9 Å². The molecule has 0 aliphatic carbocycles. The summed E-state index contributed by atoms with van der Waals surface area (Å²) in [6.07, 6.45) is 19.7. The second-order valence-electron chi connectivity index (χ2n) is 10.9. The predicted octanol–water partition coefficient (Wildman–Crippen LogP) is 10.1. The maximum atomic E-state index is 12.6. The van der Waals surface area contributed by atoms with Gasteiger partial charge >= 0.3 is 5.97 Å². The molecule has 0 spiro atoms. The van der Waals surface area contributed by atoms with Gasteiger partial charge < -0.3 is 9.47 Å². The number of carbonyl (C=O) groups is 1. The third-order valence-corrected chi connectivity index (χ3v) is 7.35. The molecule has 0 radical (unpaired) electrons. The summed E-state index contributed by atoms with van der Waals surface area (Å²) in [4.78, 5) is 17.2.